The van der Waals surface area contributed by atoms with Gasteiger partial charge in [0, 0.05) is 18.5 Å². The molecule has 2 fully saturated rings. The zero-order chi connectivity index (χ0) is 13.9. The van der Waals surface area contributed by atoms with Gasteiger partial charge >= 0.3 is 0 Å². The van der Waals surface area contributed by atoms with Crippen LogP contribution >= 0.6 is 0 Å². The summed E-state index contributed by atoms with van der Waals surface area (Å²) in [6, 6.07) is 1.98. The van der Waals surface area contributed by atoms with Crippen LogP contribution in [0, 0.1) is 6.92 Å². The number of halogens is 1. The topological polar surface area (TPSA) is 38.2 Å². The highest BCUT2D eigenvalue weighted by atomic mass is 19.1. The van der Waals surface area contributed by atoms with E-state index in [1.807, 2.05) is 13.0 Å². The van der Waals surface area contributed by atoms with Crippen LogP contribution in [0.4, 0.5) is 10.3 Å². The van der Waals surface area contributed by atoms with Gasteiger partial charge in [0.05, 0.1) is 18.7 Å². The zero-order valence-corrected chi connectivity index (χ0v) is 12.0. The second-order valence-corrected chi connectivity index (χ2v) is 5.79. The van der Waals surface area contributed by atoms with Crippen LogP contribution in [0.3, 0.4) is 0 Å². The van der Waals surface area contributed by atoms with Gasteiger partial charge in [-0.15, -0.1) is 0 Å². The summed E-state index contributed by atoms with van der Waals surface area (Å²) in [5, 5.41) is 0. The highest BCUT2D eigenvalue weighted by molar-refractivity contribution is 5.35. The van der Waals surface area contributed by atoms with E-state index in [0.29, 0.717) is 19.0 Å². The lowest BCUT2D eigenvalue weighted by molar-refractivity contribution is 0.176. The maximum atomic E-state index is 14.4. The first-order chi connectivity index (χ1) is 9.75. The Morgan fingerprint density at radius 1 is 1.30 bits per heavy atom. The van der Waals surface area contributed by atoms with Crippen LogP contribution in [0.1, 0.15) is 37.8 Å². The number of nitrogens with zero attached hydrogens (tertiary/aromatic N) is 3. The van der Waals surface area contributed by atoms with E-state index in [0.717, 1.165) is 38.0 Å². The molecule has 2 aliphatic rings. The third kappa shape index (κ3) is 2.77. The van der Waals surface area contributed by atoms with E-state index in [9.17, 15) is 4.39 Å². The van der Waals surface area contributed by atoms with Gasteiger partial charge in [0.25, 0.3) is 0 Å². The molecule has 1 aromatic heterocycles. The molecule has 3 atom stereocenters. The number of rotatable bonds is 3. The second kappa shape index (κ2) is 6.04. The summed E-state index contributed by atoms with van der Waals surface area (Å²) in [6.45, 7) is 3.35. The van der Waals surface area contributed by atoms with E-state index in [4.69, 9.17) is 4.74 Å². The molecule has 0 amide bonds. The minimum absolute atomic E-state index is 0.0998. The molecule has 1 aliphatic heterocycles. The summed E-state index contributed by atoms with van der Waals surface area (Å²) in [4.78, 5) is 11.0. The van der Waals surface area contributed by atoms with E-state index in [1.54, 1.807) is 6.20 Å². The molecule has 2 heterocycles. The Balaban J connectivity index is 1.90. The molecule has 0 spiro atoms. The molecular weight excluding hydrogens is 257 g/mol. The predicted molar refractivity (Wildman–Crippen MR) is 75.6 cm³/mol. The molecule has 5 heteroatoms. The van der Waals surface area contributed by atoms with Crippen LogP contribution in [0.5, 0.6) is 0 Å². The van der Waals surface area contributed by atoms with Gasteiger partial charge in [0.2, 0.25) is 5.95 Å². The Morgan fingerprint density at radius 3 is 2.85 bits per heavy atom. The number of alkyl halides is 1. The van der Waals surface area contributed by atoms with E-state index in [-0.39, 0.29) is 12.1 Å². The third-order valence-electron chi connectivity index (χ3n) is 4.32. The summed E-state index contributed by atoms with van der Waals surface area (Å²) in [7, 11) is 0. The molecule has 20 heavy (non-hydrogen) atoms. The number of aryl methyl sites for hydroxylation is 1. The Morgan fingerprint density at radius 2 is 2.15 bits per heavy atom. The first-order valence-electron chi connectivity index (χ1n) is 7.55. The van der Waals surface area contributed by atoms with Crippen molar-refractivity contribution in [2.24, 2.45) is 0 Å². The second-order valence-electron chi connectivity index (χ2n) is 5.79. The smallest absolute Gasteiger partial charge is 0.226 e. The average molecular weight is 279 g/mol. The number of hydrogen-bond donors (Lipinski definition) is 0. The van der Waals surface area contributed by atoms with Gasteiger partial charge in [-0.3, -0.25) is 0 Å². The molecular formula is C15H22FN3O. The van der Waals surface area contributed by atoms with Crippen LogP contribution in [-0.4, -0.2) is 41.4 Å². The summed E-state index contributed by atoms with van der Waals surface area (Å²) in [6.07, 6.45) is 5.52. The number of hydrogen-bond acceptors (Lipinski definition) is 4. The monoisotopic (exact) mass is 279 g/mol. The highest BCUT2D eigenvalue weighted by Crippen LogP contribution is 2.31. The molecule has 0 bridgehead atoms. The first kappa shape index (κ1) is 13.7. The zero-order valence-electron chi connectivity index (χ0n) is 12.0. The Hall–Kier alpha value is -1.23. The first-order valence-corrected chi connectivity index (χ1v) is 7.55. The lowest BCUT2D eigenvalue weighted by atomic mass is 9.91. The summed E-state index contributed by atoms with van der Waals surface area (Å²) in [5.74, 6) is 0.662. The van der Waals surface area contributed by atoms with Crippen molar-refractivity contribution in [2.45, 2.75) is 57.3 Å². The largest absolute Gasteiger partial charge is 0.379 e. The Kier molecular flexibility index (Phi) is 4.15. The molecule has 3 rings (SSSR count). The molecule has 0 radical (unpaired) electrons. The minimum Gasteiger partial charge on any atom is -0.379 e. The maximum absolute atomic E-state index is 14.4. The van der Waals surface area contributed by atoms with Gasteiger partial charge < -0.3 is 9.64 Å². The SMILES string of the molecule is Cc1ccnc(N(C2CCOC2)[C@@H]2CCCC[C@H]2F)n1. The van der Waals surface area contributed by atoms with Crippen molar-refractivity contribution in [3.05, 3.63) is 18.0 Å². The van der Waals surface area contributed by atoms with Crippen LogP contribution in [0.15, 0.2) is 12.3 Å². The maximum Gasteiger partial charge on any atom is 0.226 e. The van der Waals surface area contributed by atoms with Crippen molar-refractivity contribution in [2.75, 3.05) is 18.1 Å². The lowest BCUT2D eigenvalue weighted by Gasteiger charge is -2.39. The lowest BCUT2D eigenvalue weighted by Crippen LogP contribution is -2.50. The van der Waals surface area contributed by atoms with Crippen LogP contribution in [0.25, 0.3) is 0 Å². The molecule has 4 nitrogen and oxygen atoms in total. The normalized spacial score (nSPS) is 30.4. The Bertz CT molecular complexity index is 450. The number of aromatic nitrogens is 2. The highest BCUT2D eigenvalue weighted by Gasteiger charge is 2.37. The third-order valence-corrected chi connectivity index (χ3v) is 4.32. The van der Waals surface area contributed by atoms with Gasteiger partial charge in [-0.05, 0) is 32.3 Å². The minimum atomic E-state index is -0.784. The van der Waals surface area contributed by atoms with Crippen LogP contribution in [-0.2, 0) is 4.74 Å². The summed E-state index contributed by atoms with van der Waals surface area (Å²) < 4.78 is 19.9. The number of ether oxygens (including phenoxy) is 1. The molecule has 0 N–H and O–H groups in total. The molecule has 1 aliphatic carbocycles. The fourth-order valence-corrected chi connectivity index (χ4v) is 3.26. The van der Waals surface area contributed by atoms with Crippen molar-refractivity contribution in [1.82, 2.24) is 9.97 Å². The molecule has 0 aromatic carbocycles. The van der Waals surface area contributed by atoms with Gasteiger partial charge in [-0.25, -0.2) is 14.4 Å². The number of anilines is 1. The summed E-state index contributed by atoms with van der Waals surface area (Å²) in [5.41, 5.74) is 0.921. The molecule has 1 aromatic rings. The van der Waals surface area contributed by atoms with Crippen LogP contribution in [0.2, 0.25) is 0 Å². The van der Waals surface area contributed by atoms with Crippen molar-refractivity contribution < 1.29 is 9.13 Å². The fraction of sp³-hybridized carbons (Fsp3) is 0.733. The van der Waals surface area contributed by atoms with Gasteiger partial charge in [-0.2, -0.15) is 0 Å². The van der Waals surface area contributed by atoms with Crippen molar-refractivity contribution in [3.8, 4) is 0 Å². The van der Waals surface area contributed by atoms with Gasteiger partial charge in [0.15, 0.2) is 0 Å². The van der Waals surface area contributed by atoms with E-state index < -0.39 is 6.17 Å². The van der Waals surface area contributed by atoms with Gasteiger partial charge in [-0.1, -0.05) is 12.8 Å². The van der Waals surface area contributed by atoms with Crippen molar-refractivity contribution >= 4 is 5.95 Å². The molecule has 110 valence electrons. The Labute approximate surface area is 119 Å². The van der Waals surface area contributed by atoms with E-state index >= 15 is 0 Å². The van der Waals surface area contributed by atoms with Crippen molar-refractivity contribution in [1.29, 1.82) is 0 Å². The molecule has 1 unspecified atom stereocenters. The van der Waals surface area contributed by atoms with Crippen molar-refractivity contribution in [3.63, 3.8) is 0 Å². The van der Waals surface area contributed by atoms with Gasteiger partial charge in [0.1, 0.15) is 6.17 Å². The summed E-state index contributed by atoms with van der Waals surface area (Å²) >= 11 is 0. The van der Waals surface area contributed by atoms with E-state index in [1.165, 1.54) is 0 Å². The molecule has 1 saturated heterocycles. The van der Waals surface area contributed by atoms with E-state index in [2.05, 4.69) is 14.9 Å². The fourth-order valence-electron chi connectivity index (χ4n) is 3.26. The average Bonchev–Trinajstić information content (AvgIpc) is 2.95. The quantitative estimate of drug-likeness (QED) is 0.852. The van der Waals surface area contributed by atoms with Crippen LogP contribution < -0.4 is 4.90 Å². The molecule has 1 saturated carbocycles. The predicted octanol–water partition coefficient (Wildman–Crippen LogP) is 2.66. The standard InChI is InChI=1S/C15H22FN3O/c1-11-6-8-17-15(18-11)19(12-7-9-20-10-12)14-5-3-2-4-13(14)16/h6,8,12-14H,2-5,7,9-10H2,1H3/t12?,13-,14-/m1/s1.